The molecule has 1 aliphatic carbocycles. The third kappa shape index (κ3) is 3.35. The number of aromatic nitrogens is 3. The van der Waals surface area contributed by atoms with E-state index in [1.807, 2.05) is 30.3 Å². The quantitative estimate of drug-likeness (QED) is 0.737. The molecule has 1 fully saturated rings. The van der Waals surface area contributed by atoms with Gasteiger partial charge in [-0.1, -0.05) is 18.2 Å². The second kappa shape index (κ2) is 7.26. The number of rotatable bonds is 3. The molecule has 144 valence electrons. The van der Waals surface area contributed by atoms with Gasteiger partial charge in [0, 0.05) is 30.0 Å². The molecule has 2 aliphatic rings. The fourth-order valence-corrected chi connectivity index (χ4v) is 4.35. The van der Waals surface area contributed by atoms with Gasteiger partial charge >= 0.3 is 0 Å². The van der Waals surface area contributed by atoms with Crippen molar-refractivity contribution in [2.45, 2.75) is 44.6 Å². The Morgan fingerprint density at radius 3 is 2.75 bits per heavy atom. The number of nitrogens with zero attached hydrogens (tertiary/aromatic N) is 3. The molecule has 0 atom stereocenters. The predicted octanol–water partition coefficient (Wildman–Crippen LogP) is 3.24. The average Bonchev–Trinajstić information content (AvgIpc) is 3.18. The number of amides is 1. The summed E-state index contributed by atoms with van der Waals surface area (Å²) in [4.78, 5) is 18.1. The Kier molecular flexibility index (Phi) is 4.47. The zero-order chi connectivity index (χ0) is 18.9. The van der Waals surface area contributed by atoms with Crippen molar-refractivity contribution in [1.82, 2.24) is 20.5 Å². The van der Waals surface area contributed by atoms with Crippen LogP contribution in [0.15, 0.2) is 36.4 Å². The van der Waals surface area contributed by atoms with Crippen LogP contribution in [0.25, 0.3) is 10.9 Å². The van der Waals surface area contributed by atoms with Crippen LogP contribution in [0.1, 0.15) is 47.4 Å². The molecule has 1 aliphatic heterocycles. The van der Waals surface area contributed by atoms with Crippen molar-refractivity contribution < 1.29 is 4.79 Å². The van der Waals surface area contributed by atoms with Crippen LogP contribution in [-0.4, -0.2) is 40.2 Å². The van der Waals surface area contributed by atoms with Gasteiger partial charge in [0.05, 0.1) is 5.69 Å². The number of fused-ring (bicyclic) bond motifs is 2. The van der Waals surface area contributed by atoms with Crippen LogP contribution in [0, 0.1) is 0 Å². The molecule has 2 aromatic heterocycles. The second-order valence-electron chi connectivity index (χ2n) is 7.89. The van der Waals surface area contributed by atoms with Crippen molar-refractivity contribution >= 4 is 22.6 Å². The normalized spacial score (nSPS) is 17.5. The Balaban J connectivity index is 1.20. The molecule has 1 aromatic carbocycles. The Labute approximate surface area is 164 Å². The third-order valence-corrected chi connectivity index (χ3v) is 5.99. The minimum Gasteiger partial charge on any atom is -0.355 e. The number of piperidine rings is 1. The molecule has 1 saturated heterocycles. The van der Waals surface area contributed by atoms with Gasteiger partial charge in [0.25, 0.3) is 5.91 Å². The summed E-state index contributed by atoms with van der Waals surface area (Å²) in [5.74, 6) is 0.962. The van der Waals surface area contributed by atoms with Gasteiger partial charge in [-0.3, -0.25) is 4.79 Å². The highest BCUT2D eigenvalue weighted by molar-refractivity contribution is 5.98. The third-order valence-electron chi connectivity index (χ3n) is 5.99. The van der Waals surface area contributed by atoms with Crippen molar-refractivity contribution in [2.24, 2.45) is 0 Å². The second-order valence-corrected chi connectivity index (χ2v) is 7.89. The summed E-state index contributed by atoms with van der Waals surface area (Å²) >= 11 is 0. The van der Waals surface area contributed by atoms with Crippen LogP contribution in [-0.2, 0) is 12.8 Å². The van der Waals surface area contributed by atoms with E-state index in [9.17, 15) is 4.79 Å². The number of anilines is 1. The molecule has 3 heterocycles. The zero-order valence-corrected chi connectivity index (χ0v) is 15.9. The van der Waals surface area contributed by atoms with Gasteiger partial charge in [0.1, 0.15) is 5.69 Å². The average molecular weight is 375 g/mol. The molecule has 0 saturated carbocycles. The minimum absolute atomic E-state index is 0.0248. The van der Waals surface area contributed by atoms with Gasteiger partial charge in [-0.15, -0.1) is 5.10 Å². The standard InChI is InChI=1S/C22H25N5O/c28-22(20-13-15-5-1-3-7-18(15)24-20)23-17-9-11-27(12-10-17)21-14-16-6-2-4-8-19(16)25-26-21/h1,3,5,7,13-14,17,24H,2,4,6,8-12H2,(H,23,28). The molecule has 0 bridgehead atoms. The molecule has 3 aromatic rings. The number of benzene rings is 1. The number of aryl methyl sites for hydroxylation is 2. The zero-order valence-electron chi connectivity index (χ0n) is 15.9. The molecule has 6 nitrogen and oxygen atoms in total. The van der Waals surface area contributed by atoms with Crippen molar-refractivity contribution in [3.63, 3.8) is 0 Å². The van der Waals surface area contributed by atoms with E-state index in [4.69, 9.17) is 0 Å². The lowest BCUT2D eigenvalue weighted by atomic mass is 9.96. The first-order valence-electron chi connectivity index (χ1n) is 10.3. The highest BCUT2D eigenvalue weighted by atomic mass is 16.1. The van der Waals surface area contributed by atoms with E-state index < -0.39 is 0 Å². The van der Waals surface area contributed by atoms with Crippen molar-refractivity contribution in [2.75, 3.05) is 18.0 Å². The summed E-state index contributed by atoms with van der Waals surface area (Å²) in [5, 5.41) is 13.2. The summed E-state index contributed by atoms with van der Waals surface area (Å²) in [6.45, 7) is 1.79. The van der Waals surface area contributed by atoms with E-state index >= 15 is 0 Å². The van der Waals surface area contributed by atoms with Gasteiger partial charge in [0.2, 0.25) is 0 Å². The van der Waals surface area contributed by atoms with E-state index in [0.29, 0.717) is 5.69 Å². The monoisotopic (exact) mass is 375 g/mol. The Morgan fingerprint density at radius 2 is 1.89 bits per heavy atom. The van der Waals surface area contributed by atoms with Gasteiger partial charge in [-0.2, -0.15) is 5.10 Å². The molecule has 0 spiro atoms. The fraction of sp³-hybridized carbons (Fsp3) is 0.409. The maximum Gasteiger partial charge on any atom is 0.267 e. The number of H-pyrrole nitrogens is 1. The number of para-hydroxylation sites is 1. The smallest absolute Gasteiger partial charge is 0.267 e. The van der Waals surface area contributed by atoms with Crippen molar-refractivity contribution in [3.8, 4) is 0 Å². The number of nitrogens with one attached hydrogen (secondary N) is 2. The molecule has 0 radical (unpaired) electrons. The van der Waals surface area contributed by atoms with Gasteiger partial charge < -0.3 is 15.2 Å². The lowest BCUT2D eigenvalue weighted by molar-refractivity contribution is 0.0927. The molecule has 5 rings (SSSR count). The van der Waals surface area contributed by atoms with E-state index in [1.54, 1.807) is 0 Å². The van der Waals surface area contributed by atoms with Crippen LogP contribution in [0.3, 0.4) is 0 Å². The Morgan fingerprint density at radius 1 is 1.07 bits per heavy atom. The molecule has 2 N–H and O–H groups in total. The molecular weight excluding hydrogens is 350 g/mol. The lowest BCUT2D eigenvalue weighted by Crippen LogP contribution is -2.45. The first-order valence-corrected chi connectivity index (χ1v) is 10.3. The minimum atomic E-state index is -0.0248. The number of hydrogen-bond acceptors (Lipinski definition) is 4. The first-order chi connectivity index (χ1) is 13.8. The van der Waals surface area contributed by atoms with Gasteiger partial charge in [-0.05, 0) is 62.3 Å². The summed E-state index contributed by atoms with van der Waals surface area (Å²) in [6.07, 6.45) is 6.50. The summed E-state index contributed by atoms with van der Waals surface area (Å²) in [7, 11) is 0. The summed E-state index contributed by atoms with van der Waals surface area (Å²) < 4.78 is 0. The van der Waals surface area contributed by atoms with E-state index in [0.717, 1.165) is 55.5 Å². The SMILES string of the molecule is O=C(NC1CCN(c2cc3c(nn2)CCCC3)CC1)c1cc2ccccc2[nH]1. The molecule has 1 amide bonds. The number of carbonyl (C=O) groups excluding carboxylic acids is 1. The van der Waals surface area contributed by atoms with Crippen LogP contribution < -0.4 is 10.2 Å². The summed E-state index contributed by atoms with van der Waals surface area (Å²) in [5.41, 5.74) is 4.17. The van der Waals surface area contributed by atoms with Gasteiger partial charge in [0.15, 0.2) is 5.82 Å². The largest absolute Gasteiger partial charge is 0.355 e. The number of hydrogen-bond donors (Lipinski definition) is 2. The van der Waals surface area contributed by atoms with Crippen LogP contribution in [0.4, 0.5) is 5.82 Å². The van der Waals surface area contributed by atoms with Crippen LogP contribution in [0.2, 0.25) is 0 Å². The number of carbonyl (C=O) groups is 1. The fourth-order valence-electron chi connectivity index (χ4n) is 4.35. The molecule has 0 unspecified atom stereocenters. The maximum absolute atomic E-state index is 12.6. The highest BCUT2D eigenvalue weighted by Crippen LogP contribution is 2.24. The highest BCUT2D eigenvalue weighted by Gasteiger charge is 2.24. The van der Waals surface area contributed by atoms with Crippen LogP contribution in [0.5, 0.6) is 0 Å². The Bertz CT molecular complexity index is 970. The molecule has 6 heteroatoms. The topological polar surface area (TPSA) is 73.9 Å². The molecular formula is C22H25N5O. The lowest BCUT2D eigenvalue weighted by Gasteiger charge is -2.33. The number of aromatic amines is 1. The van der Waals surface area contributed by atoms with Gasteiger partial charge in [-0.25, -0.2) is 0 Å². The van der Waals surface area contributed by atoms with E-state index in [1.165, 1.54) is 24.1 Å². The van der Waals surface area contributed by atoms with Crippen molar-refractivity contribution in [1.29, 1.82) is 0 Å². The van der Waals surface area contributed by atoms with E-state index in [2.05, 4.69) is 31.5 Å². The predicted molar refractivity (Wildman–Crippen MR) is 110 cm³/mol. The van der Waals surface area contributed by atoms with E-state index in [-0.39, 0.29) is 11.9 Å². The molecule has 28 heavy (non-hydrogen) atoms. The Hall–Kier alpha value is -2.89. The van der Waals surface area contributed by atoms with Crippen LogP contribution >= 0.6 is 0 Å². The summed E-state index contributed by atoms with van der Waals surface area (Å²) in [6, 6.07) is 12.3. The van der Waals surface area contributed by atoms with Crippen molar-refractivity contribution in [3.05, 3.63) is 53.3 Å². The first kappa shape index (κ1) is 17.2. The maximum atomic E-state index is 12.6.